The highest BCUT2D eigenvalue weighted by atomic mass is 16.2. The predicted molar refractivity (Wildman–Crippen MR) is 137 cm³/mol. The van der Waals surface area contributed by atoms with Crippen molar-refractivity contribution >= 4 is 17.5 Å². The Balaban J connectivity index is 1.52. The number of H-pyrrole nitrogens is 1. The first kappa shape index (κ1) is 24.7. The summed E-state index contributed by atoms with van der Waals surface area (Å²) in [4.78, 5) is 26.7. The van der Waals surface area contributed by atoms with Crippen molar-refractivity contribution in [2.45, 2.75) is 72.4 Å². The quantitative estimate of drug-likeness (QED) is 0.444. The highest BCUT2D eigenvalue weighted by Crippen LogP contribution is 2.32. The van der Waals surface area contributed by atoms with E-state index in [1.165, 1.54) is 0 Å². The Morgan fingerprint density at radius 3 is 2.34 bits per heavy atom. The monoisotopic (exact) mass is 476 g/mol. The lowest BCUT2D eigenvalue weighted by molar-refractivity contribution is -0.119. The van der Waals surface area contributed by atoms with Crippen molar-refractivity contribution < 1.29 is 9.59 Å². The third-order valence-corrected chi connectivity index (χ3v) is 7.06. The third kappa shape index (κ3) is 5.47. The average molecular weight is 477 g/mol. The van der Waals surface area contributed by atoms with E-state index in [1.54, 1.807) is 16.9 Å². The van der Waals surface area contributed by atoms with Crippen molar-refractivity contribution in [2.75, 3.05) is 5.32 Å². The molecule has 0 radical (unpaired) electrons. The summed E-state index contributed by atoms with van der Waals surface area (Å²) in [7, 11) is 0. The molecule has 0 unspecified atom stereocenters. The summed E-state index contributed by atoms with van der Waals surface area (Å²) >= 11 is 0. The molecular weight excluding hydrogens is 440 g/mol. The van der Waals surface area contributed by atoms with Crippen LogP contribution in [-0.4, -0.2) is 37.8 Å². The van der Waals surface area contributed by atoms with Gasteiger partial charge in [-0.25, -0.2) is 0 Å². The molecule has 0 saturated heterocycles. The number of benzene rings is 1. The van der Waals surface area contributed by atoms with Gasteiger partial charge in [0.2, 0.25) is 5.91 Å². The van der Waals surface area contributed by atoms with Crippen molar-refractivity contribution in [3.05, 3.63) is 53.6 Å². The van der Waals surface area contributed by atoms with E-state index in [-0.39, 0.29) is 23.8 Å². The molecule has 1 aliphatic rings. The molecule has 0 aliphatic heterocycles. The lowest BCUT2D eigenvalue weighted by Crippen LogP contribution is -2.49. The molecule has 35 heavy (non-hydrogen) atoms. The van der Waals surface area contributed by atoms with Gasteiger partial charge in [0.05, 0.1) is 5.69 Å². The third-order valence-electron chi connectivity index (χ3n) is 7.06. The molecule has 1 aromatic carbocycles. The summed E-state index contributed by atoms with van der Waals surface area (Å²) < 4.78 is 1.69. The minimum atomic E-state index is -0.608. The first-order valence-electron chi connectivity index (χ1n) is 12.5. The number of rotatable bonds is 7. The van der Waals surface area contributed by atoms with Crippen LogP contribution < -0.4 is 10.6 Å². The Kier molecular flexibility index (Phi) is 7.38. The molecule has 1 saturated carbocycles. The second-order valence-corrected chi connectivity index (χ2v) is 10.1. The van der Waals surface area contributed by atoms with Gasteiger partial charge < -0.3 is 10.6 Å². The van der Waals surface area contributed by atoms with Gasteiger partial charge in [-0.15, -0.1) is 0 Å². The fraction of sp³-hybridized carbons (Fsp3) is 0.481. The van der Waals surface area contributed by atoms with Crippen LogP contribution >= 0.6 is 0 Å². The molecule has 2 aromatic heterocycles. The fourth-order valence-corrected chi connectivity index (χ4v) is 5.05. The molecular formula is C27H36N6O2. The summed E-state index contributed by atoms with van der Waals surface area (Å²) in [5, 5.41) is 17.6. The van der Waals surface area contributed by atoms with Crippen molar-refractivity contribution in [3.63, 3.8) is 0 Å². The van der Waals surface area contributed by atoms with Crippen LogP contribution in [0.25, 0.3) is 11.1 Å². The molecule has 8 heteroatoms. The van der Waals surface area contributed by atoms with Gasteiger partial charge in [-0.3, -0.25) is 19.4 Å². The van der Waals surface area contributed by atoms with E-state index < -0.39 is 6.04 Å². The van der Waals surface area contributed by atoms with E-state index in [0.29, 0.717) is 17.3 Å². The topological polar surface area (TPSA) is 105 Å². The first-order valence-corrected chi connectivity index (χ1v) is 12.5. The first-order chi connectivity index (χ1) is 16.7. The van der Waals surface area contributed by atoms with Crippen molar-refractivity contribution in [2.24, 2.45) is 11.8 Å². The number of anilines is 1. The molecule has 2 amide bonds. The van der Waals surface area contributed by atoms with Crippen molar-refractivity contribution in [1.82, 2.24) is 25.3 Å². The number of hydrogen-bond donors (Lipinski definition) is 3. The van der Waals surface area contributed by atoms with Crippen LogP contribution in [0.2, 0.25) is 0 Å². The maximum atomic E-state index is 13.5. The Labute approximate surface area is 206 Å². The number of hydrogen-bond acceptors (Lipinski definition) is 4. The van der Waals surface area contributed by atoms with Crippen LogP contribution in [0.3, 0.4) is 0 Å². The van der Waals surface area contributed by atoms with Crippen LogP contribution in [0.1, 0.15) is 74.4 Å². The highest BCUT2D eigenvalue weighted by molar-refractivity contribution is 6.00. The van der Waals surface area contributed by atoms with Gasteiger partial charge >= 0.3 is 0 Å². The summed E-state index contributed by atoms with van der Waals surface area (Å²) in [5.41, 5.74) is 5.24. The Bertz CT molecular complexity index is 1150. The van der Waals surface area contributed by atoms with E-state index in [2.05, 4.69) is 32.9 Å². The predicted octanol–water partition coefficient (Wildman–Crippen LogP) is 5.03. The number of nitrogens with one attached hydrogen (secondary N) is 3. The van der Waals surface area contributed by atoms with Gasteiger partial charge in [0.25, 0.3) is 5.91 Å². The number of amides is 2. The van der Waals surface area contributed by atoms with Gasteiger partial charge in [-0.1, -0.05) is 31.9 Å². The summed E-state index contributed by atoms with van der Waals surface area (Å²) in [6.45, 7) is 10.2. The van der Waals surface area contributed by atoms with Gasteiger partial charge in [-0.2, -0.15) is 10.2 Å². The normalized spacial score (nSPS) is 18.9. The molecule has 3 aromatic rings. The van der Waals surface area contributed by atoms with Crippen molar-refractivity contribution in [3.8, 4) is 11.1 Å². The molecule has 1 aliphatic carbocycles. The van der Waals surface area contributed by atoms with Gasteiger partial charge in [0.1, 0.15) is 11.7 Å². The van der Waals surface area contributed by atoms with Crippen molar-refractivity contribution in [1.29, 1.82) is 0 Å². The Hall–Kier alpha value is -3.42. The number of carbonyl (C=O) groups excluding carboxylic acids is 2. The van der Waals surface area contributed by atoms with Gasteiger partial charge in [-0.05, 0) is 76.1 Å². The smallest absolute Gasteiger partial charge is 0.270 e. The van der Waals surface area contributed by atoms with E-state index in [0.717, 1.165) is 48.2 Å². The van der Waals surface area contributed by atoms with E-state index >= 15 is 0 Å². The molecule has 8 nitrogen and oxygen atoms in total. The van der Waals surface area contributed by atoms with Crippen LogP contribution in [0.4, 0.5) is 5.69 Å². The number of aromatic amines is 1. The van der Waals surface area contributed by atoms with Crippen LogP contribution in [0.15, 0.2) is 36.5 Å². The van der Waals surface area contributed by atoms with E-state index in [1.807, 2.05) is 52.0 Å². The second-order valence-electron chi connectivity index (χ2n) is 10.1. The Morgan fingerprint density at radius 1 is 1.06 bits per heavy atom. The lowest BCUT2D eigenvalue weighted by Gasteiger charge is -2.32. The minimum absolute atomic E-state index is 0.0505. The molecule has 0 bridgehead atoms. The largest absolute Gasteiger partial charge is 0.339 e. The lowest BCUT2D eigenvalue weighted by atomic mass is 9.79. The highest BCUT2D eigenvalue weighted by Gasteiger charge is 2.33. The number of nitrogens with zero attached hydrogens (tertiary/aromatic N) is 3. The maximum absolute atomic E-state index is 13.5. The standard InChI is InChI=1S/C27H36N6O2/c1-16(2)33-23(14-15-28-33)26(34)30-25(21-8-6-17(3)7-9-21)27(35)29-22-12-10-20(11-13-22)24-18(4)31-32-19(24)5/h10-17,21,25H,6-9H2,1-5H3,(H,29,35)(H,30,34)(H,31,32)/t17?,21?,25-/m0/s1. The maximum Gasteiger partial charge on any atom is 0.270 e. The van der Waals surface area contributed by atoms with Crippen LogP contribution in [-0.2, 0) is 4.79 Å². The molecule has 3 N–H and O–H groups in total. The Morgan fingerprint density at radius 2 is 1.74 bits per heavy atom. The van der Waals surface area contributed by atoms with Gasteiger partial charge in [0.15, 0.2) is 0 Å². The van der Waals surface area contributed by atoms with E-state index in [9.17, 15) is 9.59 Å². The number of aryl methyl sites for hydroxylation is 2. The fourth-order valence-electron chi connectivity index (χ4n) is 5.05. The second kappa shape index (κ2) is 10.5. The van der Waals surface area contributed by atoms with E-state index in [4.69, 9.17) is 0 Å². The number of carbonyl (C=O) groups is 2. The molecule has 4 rings (SSSR count). The average Bonchev–Trinajstić information content (AvgIpc) is 3.45. The summed E-state index contributed by atoms with van der Waals surface area (Å²) in [5.74, 6) is 0.296. The van der Waals surface area contributed by atoms with Crippen LogP contribution in [0.5, 0.6) is 0 Å². The molecule has 186 valence electrons. The zero-order chi connectivity index (χ0) is 25.1. The zero-order valence-corrected chi connectivity index (χ0v) is 21.3. The summed E-state index contributed by atoms with van der Waals surface area (Å²) in [6.07, 6.45) is 5.58. The van der Waals surface area contributed by atoms with Gasteiger partial charge in [0, 0.05) is 29.2 Å². The van der Waals surface area contributed by atoms with Crippen LogP contribution in [0, 0.1) is 25.7 Å². The SMILES string of the molecule is Cc1n[nH]c(C)c1-c1ccc(NC(=O)[C@@H](NC(=O)c2ccnn2C(C)C)C2CCC(C)CC2)cc1. The molecule has 2 heterocycles. The molecule has 0 spiro atoms. The number of aromatic nitrogens is 4. The minimum Gasteiger partial charge on any atom is -0.339 e. The molecule has 1 atom stereocenters. The molecule has 1 fully saturated rings. The summed E-state index contributed by atoms with van der Waals surface area (Å²) in [6, 6.07) is 8.91. The zero-order valence-electron chi connectivity index (χ0n) is 21.3.